The summed E-state index contributed by atoms with van der Waals surface area (Å²) in [6, 6.07) is 67.1. The van der Waals surface area contributed by atoms with Crippen molar-refractivity contribution in [3.8, 4) is 45.0 Å². The van der Waals surface area contributed by atoms with E-state index in [1.165, 1.54) is 65.4 Å². The predicted octanol–water partition coefficient (Wildman–Crippen LogP) is 14.7. The summed E-state index contributed by atoms with van der Waals surface area (Å²) in [4.78, 5) is 15.8. The molecular weight excluding hydrogens is 715 g/mol. The Labute approximate surface area is 343 Å². The second-order valence-electron chi connectivity index (χ2n) is 15.6. The van der Waals surface area contributed by atoms with Gasteiger partial charge in [0.15, 0.2) is 17.5 Å². The maximum Gasteiger partial charge on any atom is 0.164 e. The van der Waals surface area contributed by atoms with Gasteiger partial charge in [-0.3, -0.25) is 0 Å². The van der Waals surface area contributed by atoms with Crippen LogP contribution in [-0.2, 0) is 0 Å². The van der Waals surface area contributed by atoms with Crippen molar-refractivity contribution in [2.24, 2.45) is 5.92 Å². The van der Waals surface area contributed by atoms with Crippen LogP contribution in [0.15, 0.2) is 200 Å². The smallest absolute Gasteiger partial charge is 0.164 e. The van der Waals surface area contributed by atoms with Crippen LogP contribution in [0.2, 0.25) is 0 Å². The minimum absolute atomic E-state index is 0.341. The molecule has 1 aromatic heterocycles. The molecule has 0 radical (unpaired) electrons. The Morgan fingerprint density at radius 1 is 0.373 bits per heavy atom. The largest absolute Gasteiger partial charge is 0.208 e. The van der Waals surface area contributed by atoms with Crippen molar-refractivity contribution in [2.75, 3.05) is 0 Å². The van der Waals surface area contributed by atoms with Crippen molar-refractivity contribution in [1.29, 1.82) is 0 Å². The minimum Gasteiger partial charge on any atom is -0.208 e. The lowest BCUT2D eigenvalue weighted by atomic mass is 9.81. The van der Waals surface area contributed by atoms with Gasteiger partial charge in [0.25, 0.3) is 0 Å². The van der Waals surface area contributed by atoms with E-state index in [1.54, 1.807) is 0 Å². The zero-order valence-corrected chi connectivity index (χ0v) is 32.7. The molecule has 278 valence electrons. The van der Waals surface area contributed by atoms with Crippen LogP contribution in [0.25, 0.3) is 99.3 Å². The van der Waals surface area contributed by atoms with Gasteiger partial charge in [-0.2, -0.15) is 0 Å². The fourth-order valence-electron chi connectivity index (χ4n) is 8.98. The van der Waals surface area contributed by atoms with Crippen LogP contribution in [-0.4, -0.2) is 15.0 Å². The normalized spacial score (nSPS) is 14.2. The summed E-state index contributed by atoms with van der Waals surface area (Å²) in [5, 5.41) is 10.1. The maximum atomic E-state index is 5.32. The number of hydrogen-bond donors (Lipinski definition) is 0. The summed E-state index contributed by atoms with van der Waals surface area (Å²) < 4.78 is 0. The highest BCUT2D eigenvalue weighted by Gasteiger charge is 2.24. The van der Waals surface area contributed by atoms with Crippen molar-refractivity contribution in [1.82, 2.24) is 15.0 Å². The Bertz CT molecular complexity index is 3170. The Morgan fingerprint density at radius 3 is 1.31 bits per heavy atom. The molecule has 1 aliphatic carbocycles. The van der Waals surface area contributed by atoms with Crippen molar-refractivity contribution >= 4 is 54.2 Å². The highest BCUT2D eigenvalue weighted by atomic mass is 15.0. The second-order valence-corrected chi connectivity index (χ2v) is 15.6. The van der Waals surface area contributed by atoms with Crippen LogP contribution in [0, 0.1) is 5.92 Å². The fraction of sp³-hybridized carbons (Fsp3) is 0.0536. The molecule has 0 saturated heterocycles. The standard InChI is InChI=1S/C56H39N3/c1-36-24-33-49(50(34-36)51-35-52-45-20-9-8-18-43(45)44-19-10-12-22-47(44)53(52)48-23-13-11-21-46(48)51)56-58-54(41-29-25-39(26-30-41)37-14-4-2-5-15-37)57-55(59-56)42-31-27-40(28-32-42)38-16-6-3-7-17-38/h2-33,35-36H,34H2,1H3/t36-/m0/s1. The van der Waals surface area contributed by atoms with Crippen LogP contribution < -0.4 is 0 Å². The van der Waals surface area contributed by atoms with E-state index in [-0.39, 0.29) is 0 Å². The lowest BCUT2D eigenvalue weighted by molar-refractivity contribution is 0.750. The van der Waals surface area contributed by atoms with Gasteiger partial charge in [-0.25, -0.2) is 15.0 Å². The number of benzene rings is 9. The molecule has 0 unspecified atom stereocenters. The molecule has 10 aromatic rings. The summed E-state index contributed by atoms with van der Waals surface area (Å²) in [6.45, 7) is 2.30. The van der Waals surface area contributed by atoms with E-state index in [9.17, 15) is 0 Å². The summed E-state index contributed by atoms with van der Waals surface area (Å²) in [6.07, 6.45) is 5.42. The molecule has 0 N–H and O–H groups in total. The molecule has 0 aliphatic heterocycles. The molecule has 3 heteroatoms. The van der Waals surface area contributed by atoms with Crippen molar-refractivity contribution in [2.45, 2.75) is 13.3 Å². The summed E-state index contributed by atoms with van der Waals surface area (Å²) in [7, 11) is 0. The summed E-state index contributed by atoms with van der Waals surface area (Å²) in [5.74, 6) is 2.32. The number of aromatic nitrogens is 3. The van der Waals surface area contributed by atoms with E-state index in [4.69, 9.17) is 15.0 Å². The van der Waals surface area contributed by atoms with Gasteiger partial charge in [-0.05, 0) is 94.9 Å². The third kappa shape index (κ3) is 6.20. The van der Waals surface area contributed by atoms with Crippen LogP contribution in [0.4, 0.5) is 0 Å². The zero-order chi connectivity index (χ0) is 39.3. The lowest BCUT2D eigenvalue weighted by Gasteiger charge is -2.23. The van der Waals surface area contributed by atoms with Gasteiger partial charge < -0.3 is 0 Å². The van der Waals surface area contributed by atoms with E-state index >= 15 is 0 Å². The first-order valence-corrected chi connectivity index (χ1v) is 20.4. The molecule has 0 bridgehead atoms. The topological polar surface area (TPSA) is 38.7 Å². The monoisotopic (exact) mass is 753 g/mol. The number of nitrogens with zero attached hydrogens (tertiary/aromatic N) is 3. The van der Waals surface area contributed by atoms with Crippen LogP contribution in [0.5, 0.6) is 0 Å². The van der Waals surface area contributed by atoms with E-state index in [0.717, 1.165) is 34.2 Å². The number of rotatable bonds is 6. The molecule has 11 rings (SSSR count). The predicted molar refractivity (Wildman–Crippen MR) is 248 cm³/mol. The molecule has 9 aromatic carbocycles. The Balaban J connectivity index is 1.14. The molecule has 0 amide bonds. The summed E-state index contributed by atoms with van der Waals surface area (Å²) in [5.41, 5.74) is 10.0. The first-order valence-electron chi connectivity index (χ1n) is 20.4. The quantitative estimate of drug-likeness (QED) is 0.159. The van der Waals surface area contributed by atoms with Gasteiger partial charge in [0.1, 0.15) is 0 Å². The molecule has 59 heavy (non-hydrogen) atoms. The third-order valence-corrected chi connectivity index (χ3v) is 11.9. The second kappa shape index (κ2) is 14.5. The van der Waals surface area contributed by atoms with E-state index in [2.05, 4.69) is 195 Å². The van der Waals surface area contributed by atoms with Crippen molar-refractivity contribution in [3.63, 3.8) is 0 Å². The van der Waals surface area contributed by atoms with Crippen molar-refractivity contribution in [3.05, 3.63) is 212 Å². The highest BCUT2D eigenvalue weighted by molar-refractivity contribution is 6.32. The number of fused-ring (bicyclic) bond motifs is 8. The molecular formula is C56H39N3. The molecule has 1 atom stereocenters. The van der Waals surface area contributed by atoms with Crippen LogP contribution in [0.1, 0.15) is 24.7 Å². The van der Waals surface area contributed by atoms with E-state index in [1.807, 2.05) is 12.1 Å². The van der Waals surface area contributed by atoms with Gasteiger partial charge in [-0.15, -0.1) is 0 Å². The lowest BCUT2D eigenvalue weighted by Crippen LogP contribution is -2.08. The molecule has 1 heterocycles. The maximum absolute atomic E-state index is 5.32. The molecule has 0 fully saturated rings. The third-order valence-electron chi connectivity index (χ3n) is 11.9. The van der Waals surface area contributed by atoms with Gasteiger partial charge >= 0.3 is 0 Å². The Morgan fingerprint density at radius 2 is 0.763 bits per heavy atom. The van der Waals surface area contributed by atoms with Gasteiger partial charge in [0, 0.05) is 16.7 Å². The molecule has 0 spiro atoms. The minimum atomic E-state index is 0.341. The molecule has 0 saturated carbocycles. The van der Waals surface area contributed by atoms with Crippen molar-refractivity contribution < 1.29 is 0 Å². The van der Waals surface area contributed by atoms with E-state index < -0.39 is 0 Å². The first-order chi connectivity index (χ1) is 29.2. The number of allylic oxidation sites excluding steroid dienone is 4. The average molecular weight is 754 g/mol. The molecule has 1 aliphatic rings. The molecule has 3 nitrogen and oxygen atoms in total. The zero-order valence-electron chi connectivity index (χ0n) is 32.7. The highest BCUT2D eigenvalue weighted by Crippen LogP contribution is 2.45. The SMILES string of the molecule is C[C@H]1C=CC(c2nc(-c3ccc(-c4ccccc4)cc3)nc(-c3ccc(-c4ccccc4)cc3)n2)=C(c2cc3c4ccccc4c4ccccc4c3c3ccccc23)C1. The summed E-state index contributed by atoms with van der Waals surface area (Å²) >= 11 is 0. The van der Waals surface area contributed by atoms with Gasteiger partial charge in [0.2, 0.25) is 0 Å². The Hall–Kier alpha value is -7.49. The van der Waals surface area contributed by atoms with Crippen LogP contribution >= 0.6 is 0 Å². The fourth-order valence-corrected chi connectivity index (χ4v) is 8.98. The van der Waals surface area contributed by atoms with E-state index in [0.29, 0.717) is 23.4 Å². The number of hydrogen-bond acceptors (Lipinski definition) is 3. The van der Waals surface area contributed by atoms with Gasteiger partial charge in [-0.1, -0.05) is 201 Å². The van der Waals surface area contributed by atoms with Gasteiger partial charge in [0.05, 0.1) is 0 Å². The van der Waals surface area contributed by atoms with Crippen LogP contribution in [0.3, 0.4) is 0 Å². The first kappa shape index (κ1) is 34.7. The average Bonchev–Trinajstić information content (AvgIpc) is 3.31. The Kier molecular flexibility index (Phi) is 8.52.